The number of methoxy groups -OCH3 is 1. The van der Waals surface area contributed by atoms with E-state index in [0.29, 0.717) is 23.1 Å². The van der Waals surface area contributed by atoms with Crippen molar-refractivity contribution >= 4 is 5.91 Å². The Morgan fingerprint density at radius 3 is 2.77 bits per heavy atom. The molecule has 2 bridgehead atoms. The first kappa shape index (κ1) is 15.3. The second-order valence-corrected chi connectivity index (χ2v) is 6.55. The Kier molecular flexibility index (Phi) is 4.08. The molecule has 0 radical (unpaired) electrons. The third kappa shape index (κ3) is 2.58. The molecule has 1 aromatic rings. The van der Waals surface area contributed by atoms with E-state index in [1.807, 2.05) is 6.92 Å². The van der Waals surface area contributed by atoms with Crippen LogP contribution in [0.25, 0.3) is 0 Å². The second-order valence-electron chi connectivity index (χ2n) is 6.55. The van der Waals surface area contributed by atoms with Crippen molar-refractivity contribution in [2.24, 2.45) is 23.5 Å². The van der Waals surface area contributed by atoms with Crippen LogP contribution >= 0.6 is 0 Å². The molecule has 4 nitrogen and oxygen atoms in total. The van der Waals surface area contributed by atoms with E-state index in [9.17, 15) is 9.18 Å². The third-order valence-electron chi connectivity index (χ3n) is 5.30. The summed E-state index contributed by atoms with van der Waals surface area (Å²) in [6, 6.07) is 3.98. The summed E-state index contributed by atoms with van der Waals surface area (Å²) in [5.74, 6) is 1.00. The van der Waals surface area contributed by atoms with Crippen molar-refractivity contribution in [2.45, 2.75) is 38.3 Å². The van der Waals surface area contributed by atoms with E-state index in [4.69, 9.17) is 10.5 Å². The summed E-state index contributed by atoms with van der Waals surface area (Å²) in [5, 5.41) is 2.99. The average Bonchev–Trinajstić information content (AvgIpc) is 3.07. The predicted octanol–water partition coefficient (Wildman–Crippen LogP) is 2.38. The van der Waals surface area contributed by atoms with Crippen LogP contribution in [0.15, 0.2) is 18.2 Å². The maximum atomic E-state index is 13.5. The summed E-state index contributed by atoms with van der Waals surface area (Å²) in [5.41, 5.74) is 6.86. The molecule has 3 rings (SSSR count). The molecule has 2 aliphatic carbocycles. The van der Waals surface area contributed by atoms with Gasteiger partial charge in [-0.1, -0.05) is 0 Å². The minimum Gasteiger partial charge on any atom is -0.496 e. The molecule has 2 saturated carbocycles. The summed E-state index contributed by atoms with van der Waals surface area (Å²) >= 11 is 0. The number of ether oxygens (including phenoxy) is 1. The molecule has 5 atom stereocenters. The summed E-state index contributed by atoms with van der Waals surface area (Å²) in [6.07, 6.45) is 3.30. The van der Waals surface area contributed by atoms with Gasteiger partial charge in [-0.3, -0.25) is 4.79 Å². The zero-order valence-electron chi connectivity index (χ0n) is 13.0. The van der Waals surface area contributed by atoms with E-state index in [1.165, 1.54) is 19.2 Å². The SMILES string of the molecule is COc1ccc(F)cc1C(C)NC(=O)C1C2CCC(C2)C1N. The molecule has 1 amide bonds. The molecule has 3 N–H and O–H groups in total. The van der Waals surface area contributed by atoms with Crippen molar-refractivity contribution < 1.29 is 13.9 Å². The van der Waals surface area contributed by atoms with Gasteiger partial charge in [0, 0.05) is 11.6 Å². The Balaban J connectivity index is 1.73. The van der Waals surface area contributed by atoms with Gasteiger partial charge in [-0.2, -0.15) is 0 Å². The Morgan fingerprint density at radius 1 is 1.41 bits per heavy atom. The number of nitrogens with two attached hydrogens (primary N) is 1. The lowest BCUT2D eigenvalue weighted by Gasteiger charge is -2.28. The molecule has 22 heavy (non-hydrogen) atoms. The number of hydrogen-bond acceptors (Lipinski definition) is 3. The average molecular weight is 306 g/mol. The highest BCUT2D eigenvalue weighted by Crippen LogP contribution is 2.47. The normalized spacial score (nSPS) is 31.1. The minimum atomic E-state index is -0.339. The smallest absolute Gasteiger partial charge is 0.225 e. The predicted molar refractivity (Wildman–Crippen MR) is 81.8 cm³/mol. The van der Waals surface area contributed by atoms with Gasteiger partial charge in [0.15, 0.2) is 0 Å². The van der Waals surface area contributed by atoms with Gasteiger partial charge in [0.05, 0.1) is 19.1 Å². The third-order valence-corrected chi connectivity index (χ3v) is 5.30. The number of halogens is 1. The highest BCUT2D eigenvalue weighted by Gasteiger charge is 2.49. The zero-order valence-corrected chi connectivity index (χ0v) is 13.0. The number of rotatable bonds is 4. The number of nitrogens with one attached hydrogen (secondary N) is 1. The highest BCUT2D eigenvalue weighted by molar-refractivity contribution is 5.81. The van der Waals surface area contributed by atoms with Crippen LogP contribution in [0.3, 0.4) is 0 Å². The first-order chi connectivity index (χ1) is 10.5. The fourth-order valence-corrected chi connectivity index (χ4v) is 4.16. The number of benzene rings is 1. The van der Waals surface area contributed by atoms with Gasteiger partial charge in [0.25, 0.3) is 0 Å². The standard InChI is InChI=1S/C17H23FN2O2/c1-9(13-8-12(18)5-6-14(13)22-2)20-17(21)15-10-3-4-11(7-10)16(15)19/h5-6,8-11,15-16H,3-4,7,19H2,1-2H3,(H,20,21). The van der Waals surface area contributed by atoms with Gasteiger partial charge in [-0.15, -0.1) is 0 Å². The zero-order chi connectivity index (χ0) is 15.9. The van der Waals surface area contributed by atoms with Gasteiger partial charge < -0.3 is 15.8 Å². The monoisotopic (exact) mass is 306 g/mol. The molecular formula is C17H23FN2O2. The van der Waals surface area contributed by atoms with Crippen molar-refractivity contribution in [1.29, 1.82) is 0 Å². The fraction of sp³-hybridized carbons (Fsp3) is 0.588. The molecule has 0 spiro atoms. The van der Waals surface area contributed by atoms with Crippen molar-refractivity contribution in [3.8, 4) is 5.75 Å². The van der Waals surface area contributed by atoms with Crippen molar-refractivity contribution in [1.82, 2.24) is 5.32 Å². The van der Waals surface area contributed by atoms with Crippen LogP contribution in [0, 0.1) is 23.6 Å². The molecule has 120 valence electrons. The molecule has 5 heteroatoms. The van der Waals surface area contributed by atoms with Crippen LogP contribution in [0.5, 0.6) is 5.75 Å². The van der Waals surface area contributed by atoms with Crippen LogP contribution in [0.1, 0.15) is 37.8 Å². The van der Waals surface area contributed by atoms with Crippen LogP contribution in [0.4, 0.5) is 4.39 Å². The van der Waals surface area contributed by atoms with E-state index in [2.05, 4.69) is 5.32 Å². The van der Waals surface area contributed by atoms with E-state index in [1.54, 1.807) is 6.07 Å². The number of carbonyl (C=O) groups is 1. The maximum absolute atomic E-state index is 13.5. The number of amides is 1. The van der Waals surface area contributed by atoms with Crippen LogP contribution in [-0.2, 0) is 4.79 Å². The lowest BCUT2D eigenvalue weighted by Crippen LogP contribution is -2.45. The summed E-state index contributed by atoms with van der Waals surface area (Å²) < 4.78 is 18.7. The Labute approximate surface area is 130 Å². The van der Waals surface area contributed by atoms with E-state index in [-0.39, 0.29) is 29.7 Å². The number of carbonyl (C=O) groups excluding carboxylic acids is 1. The number of hydrogen-bond donors (Lipinski definition) is 2. The van der Waals surface area contributed by atoms with Gasteiger partial charge in [-0.05, 0) is 56.2 Å². The fourth-order valence-electron chi connectivity index (χ4n) is 4.16. The highest BCUT2D eigenvalue weighted by atomic mass is 19.1. The van der Waals surface area contributed by atoms with E-state index >= 15 is 0 Å². The first-order valence-corrected chi connectivity index (χ1v) is 7.90. The molecule has 0 aliphatic heterocycles. The minimum absolute atomic E-state index is 0.0153. The van der Waals surface area contributed by atoms with Gasteiger partial charge in [-0.25, -0.2) is 4.39 Å². The quantitative estimate of drug-likeness (QED) is 0.897. The molecule has 0 saturated heterocycles. The van der Waals surface area contributed by atoms with Crippen LogP contribution in [-0.4, -0.2) is 19.1 Å². The lowest BCUT2D eigenvalue weighted by molar-refractivity contribution is -0.127. The Bertz CT molecular complexity index is 576. The van der Waals surface area contributed by atoms with Crippen molar-refractivity contribution in [2.75, 3.05) is 7.11 Å². The van der Waals surface area contributed by atoms with Gasteiger partial charge in [0.1, 0.15) is 11.6 Å². The van der Waals surface area contributed by atoms with Crippen LogP contribution in [0.2, 0.25) is 0 Å². The van der Waals surface area contributed by atoms with E-state index < -0.39 is 0 Å². The van der Waals surface area contributed by atoms with Gasteiger partial charge >= 0.3 is 0 Å². The summed E-state index contributed by atoms with van der Waals surface area (Å²) in [4.78, 5) is 12.6. The molecule has 5 unspecified atom stereocenters. The van der Waals surface area contributed by atoms with Gasteiger partial charge in [0.2, 0.25) is 5.91 Å². The second kappa shape index (κ2) is 5.88. The Hall–Kier alpha value is -1.62. The number of fused-ring (bicyclic) bond motifs is 2. The molecule has 2 fully saturated rings. The molecule has 2 aliphatic rings. The largest absolute Gasteiger partial charge is 0.496 e. The van der Waals surface area contributed by atoms with E-state index in [0.717, 1.165) is 19.3 Å². The first-order valence-electron chi connectivity index (χ1n) is 7.90. The molecule has 0 heterocycles. The van der Waals surface area contributed by atoms with Crippen molar-refractivity contribution in [3.63, 3.8) is 0 Å². The Morgan fingerprint density at radius 2 is 2.14 bits per heavy atom. The maximum Gasteiger partial charge on any atom is 0.225 e. The van der Waals surface area contributed by atoms with Crippen LogP contribution < -0.4 is 15.8 Å². The lowest BCUT2D eigenvalue weighted by atomic mass is 9.84. The topological polar surface area (TPSA) is 64.3 Å². The molecule has 0 aromatic heterocycles. The molecular weight excluding hydrogens is 283 g/mol. The summed E-state index contributed by atoms with van der Waals surface area (Å²) in [7, 11) is 1.54. The van der Waals surface area contributed by atoms with Crippen molar-refractivity contribution in [3.05, 3.63) is 29.6 Å². The molecule has 1 aromatic carbocycles. The summed E-state index contributed by atoms with van der Waals surface area (Å²) in [6.45, 7) is 1.84.